The van der Waals surface area contributed by atoms with Crippen LogP contribution < -0.4 is 0 Å². The van der Waals surface area contributed by atoms with E-state index in [-0.39, 0.29) is 12.0 Å². The SMILES string of the molecule is CC1(C)OC[C@@H]([C@H]2CN=N[C@]2(C)[N+](=O)[O-])O1. The predicted molar refractivity (Wildman–Crippen MR) is 53.5 cm³/mol. The summed E-state index contributed by atoms with van der Waals surface area (Å²) in [6.07, 6.45) is -0.319. The van der Waals surface area contributed by atoms with Gasteiger partial charge in [0.1, 0.15) is 5.92 Å². The molecule has 2 heterocycles. The molecule has 0 spiro atoms. The van der Waals surface area contributed by atoms with Crippen LogP contribution in [0.3, 0.4) is 0 Å². The maximum absolute atomic E-state index is 11.0. The Morgan fingerprint density at radius 2 is 2.12 bits per heavy atom. The van der Waals surface area contributed by atoms with Gasteiger partial charge in [-0.1, -0.05) is 0 Å². The Bertz CT molecular complexity index is 344. The van der Waals surface area contributed by atoms with Crippen molar-refractivity contribution in [3.63, 3.8) is 0 Å². The molecule has 1 saturated heterocycles. The highest BCUT2D eigenvalue weighted by Crippen LogP contribution is 2.37. The van der Waals surface area contributed by atoms with E-state index in [1.807, 2.05) is 0 Å². The third kappa shape index (κ3) is 1.69. The summed E-state index contributed by atoms with van der Waals surface area (Å²) in [4.78, 5) is 10.6. The predicted octanol–water partition coefficient (Wildman–Crippen LogP) is 1.21. The van der Waals surface area contributed by atoms with Gasteiger partial charge in [-0.15, -0.1) is 5.11 Å². The normalized spacial score (nSPS) is 41.4. The summed E-state index contributed by atoms with van der Waals surface area (Å²) < 4.78 is 11.0. The molecule has 90 valence electrons. The van der Waals surface area contributed by atoms with Crippen molar-refractivity contribution in [1.29, 1.82) is 0 Å². The second-order valence-corrected chi connectivity index (χ2v) is 4.75. The molecule has 0 radical (unpaired) electrons. The molecule has 0 bridgehead atoms. The highest BCUT2D eigenvalue weighted by molar-refractivity contribution is 4.93. The molecule has 0 N–H and O–H groups in total. The fourth-order valence-electron chi connectivity index (χ4n) is 2.07. The van der Waals surface area contributed by atoms with Crippen molar-refractivity contribution in [2.75, 3.05) is 13.2 Å². The zero-order valence-electron chi connectivity index (χ0n) is 9.54. The Balaban J connectivity index is 2.15. The minimum absolute atomic E-state index is 0.319. The van der Waals surface area contributed by atoms with Crippen LogP contribution in [0, 0.1) is 16.0 Å². The Hall–Kier alpha value is -1.08. The first-order valence-electron chi connectivity index (χ1n) is 5.20. The zero-order chi connectivity index (χ0) is 12.0. The van der Waals surface area contributed by atoms with Crippen molar-refractivity contribution >= 4 is 0 Å². The fourth-order valence-corrected chi connectivity index (χ4v) is 2.07. The van der Waals surface area contributed by atoms with Gasteiger partial charge in [-0.3, -0.25) is 10.1 Å². The van der Waals surface area contributed by atoms with Crippen molar-refractivity contribution in [1.82, 2.24) is 0 Å². The van der Waals surface area contributed by atoms with Gasteiger partial charge in [0.25, 0.3) is 0 Å². The third-order valence-corrected chi connectivity index (χ3v) is 3.10. The molecule has 0 aromatic heterocycles. The minimum atomic E-state index is -1.38. The van der Waals surface area contributed by atoms with Gasteiger partial charge in [0.05, 0.1) is 24.2 Å². The average molecular weight is 229 g/mol. The smallest absolute Gasteiger partial charge is 0.333 e. The largest absolute Gasteiger partial charge is 0.348 e. The summed E-state index contributed by atoms with van der Waals surface area (Å²) in [7, 11) is 0. The van der Waals surface area contributed by atoms with Gasteiger partial charge < -0.3 is 9.47 Å². The molecule has 16 heavy (non-hydrogen) atoms. The Morgan fingerprint density at radius 1 is 1.44 bits per heavy atom. The van der Waals surface area contributed by atoms with Crippen molar-refractivity contribution in [2.45, 2.75) is 38.3 Å². The monoisotopic (exact) mass is 229 g/mol. The molecule has 0 aromatic carbocycles. The van der Waals surface area contributed by atoms with Crippen molar-refractivity contribution in [3.05, 3.63) is 10.1 Å². The van der Waals surface area contributed by atoms with E-state index in [1.54, 1.807) is 13.8 Å². The van der Waals surface area contributed by atoms with Gasteiger partial charge in [0.2, 0.25) is 0 Å². The van der Waals surface area contributed by atoms with Crippen molar-refractivity contribution < 1.29 is 14.4 Å². The summed E-state index contributed by atoms with van der Waals surface area (Å²) in [5, 5.41) is 18.5. The van der Waals surface area contributed by atoms with Crippen LogP contribution in [0.15, 0.2) is 10.2 Å². The first-order valence-corrected chi connectivity index (χ1v) is 5.20. The number of nitro groups is 1. The first kappa shape index (κ1) is 11.4. The lowest BCUT2D eigenvalue weighted by Crippen LogP contribution is -2.46. The Morgan fingerprint density at radius 3 is 2.62 bits per heavy atom. The van der Waals surface area contributed by atoms with Crippen molar-refractivity contribution in [3.8, 4) is 0 Å². The van der Waals surface area contributed by atoms with Gasteiger partial charge in [0.15, 0.2) is 5.79 Å². The summed E-state index contributed by atoms with van der Waals surface area (Å²) >= 11 is 0. The third-order valence-electron chi connectivity index (χ3n) is 3.10. The van der Waals surface area contributed by atoms with Gasteiger partial charge in [-0.2, -0.15) is 5.11 Å². The molecule has 3 atom stereocenters. The molecule has 1 fully saturated rings. The minimum Gasteiger partial charge on any atom is -0.348 e. The number of hydrogen-bond donors (Lipinski definition) is 0. The topological polar surface area (TPSA) is 86.3 Å². The molecule has 0 aliphatic carbocycles. The average Bonchev–Trinajstić information content (AvgIpc) is 2.70. The zero-order valence-corrected chi connectivity index (χ0v) is 9.54. The number of nitrogens with zero attached hydrogens (tertiary/aromatic N) is 3. The van der Waals surface area contributed by atoms with E-state index in [4.69, 9.17) is 9.47 Å². The lowest BCUT2D eigenvalue weighted by molar-refractivity contribution is -0.574. The molecule has 0 amide bonds. The van der Waals surface area contributed by atoms with Crippen LogP contribution in [0.4, 0.5) is 0 Å². The van der Waals surface area contributed by atoms with E-state index < -0.39 is 16.4 Å². The number of hydrogen-bond acceptors (Lipinski definition) is 6. The molecule has 2 rings (SSSR count). The standard InChI is InChI=1S/C9H15N3O4/c1-8(2)15-5-7(16-8)6-4-10-11-9(6,3)12(13)14/h6-7H,4-5H2,1-3H3/t6-,7+,9-/m1/s1. The van der Waals surface area contributed by atoms with Crippen LogP contribution in [-0.4, -0.2) is 35.6 Å². The Kier molecular flexibility index (Phi) is 2.47. The van der Waals surface area contributed by atoms with Gasteiger partial charge in [-0.25, -0.2) is 0 Å². The van der Waals surface area contributed by atoms with Gasteiger partial charge >= 0.3 is 5.66 Å². The van der Waals surface area contributed by atoms with Crippen molar-refractivity contribution in [2.24, 2.45) is 16.1 Å². The lowest BCUT2D eigenvalue weighted by Gasteiger charge is -2.24. The van der Waals surface area contributed by atoms with E-state index in [0.717, 1.165) is 0 Å². The second kappa shape index (κ2) is 3.46. The van der Waals surface area contributed by atoms with Gasteiger partial charge in [0, 0.05) is 6.92 Å². The molecule has 2 aliphatic rings. The van der Waals surface area contributed by atoms with E-state index in [2.05, 4.69) is 10.2 Å². The molecule has 0 saturated carbocycles. The van der Waals surface area contributed by atoms with E-state index >= 15 is 0 Å². The van der Waals surface area contributed by atoms with Crippen LogP contribution in [-0.2, 0) is 9.47 Å². The summed E-state index contributed by atoms with van der Waals surface area (Å²) in [6, 6.07) is 0. The molecule has 2 aliphatic heterocycles. The van der Waals surface area contributed by atoms with E-state index in [9.17, 15) is 10.1 Å². The van der Waals surface area contributed by atoms with Crippen LogP contribution in [0.5, 0.6) is 0 Å². The first-order chi connectivity index (χ1) is 7.35. The number of azo groups is 1. The van der Waals surface area contributed by atoms with E-state index in [0.29, 0.717) is 13.2 Å². The van der Waals surface area contributed by atoms with Gasteiger partial charge in [-0.05, 0) is 13.8 Å². The molecule has 7 heteroatoms. The highest BCUT2D eigenvalue weighted by Gasteiger charge is 2.56. The van der Waals surface area contributed by atoms with Crippen LogP contribution in [0.25, 0.3) is 0 Å². The molecule has 0 aromatic rings. The van der Waals surface area contributed by atoms with E-state index in [1.165, 1.54) is 6.92 Å². The maximum Gasteiger partial charge on any atom is 0.333 e. The summed E-state index contributed by atoms with van der Waals surface area (Å²) in [5.41, 5.74) is -1.38. The summed E-state index contributed by atoms with van der Waals surface area (Å²) in [6.45, 7) is 5.73. The molecular formula is C9H15N3O4. The lowest BCUT2D eigenvalue weighted by atomic mass is 9.91. The van der Waals surface area contributed by atoms with Crippen LogP contribution >= 0.6 is 0 Å². The number of rotatable bonds is 2. The second-order valence-electron chi connectivity index (χ2n) is 4.75. The number of ether oxygens (including phenoxy) is 2. The quantitative estimate of drug-likeness (QED) is 0.526. The van der Waals surface area contributed by atoms with Crippen LogP contribution in [0.1, 0.15) is 20.8 Å². The maximum atomic E-state index is 11.0. The summed E-state index contributed by atoms with van der Waals surface area (Å²) in [5.74, 6) is -1.03. The molecule has 7 nitrogen and oxygen atoms in total. The molecule has 0 unspecified atom stereocenters. The fraction of sp³-hybridized carbons (Fsp3) is 1.00. The molecular weight excluding hydrogens is 214 g/mol. The Labute approximate surface area is 93.0 Å². The highest BCUT2D eigenvalue weighted by atomic mass is 16.7. The van der Waals surface area contributed by atoms with Crippen LogP contribution in [0.2, 0.25) is 0 Å².